The normalized spacial score (nSPS) is 14.6. The first-order valence-electron chi connectivity index (χ1n) is 10.3. The molecule has 4 rings (SSSR count). The van der Waals surface area contributed by atoms with E-state index in [2.05, 4.69) is 5.10 Å². The lowest BCUT2D eigenvalue weighted by atomic mass is 10.1. The minimum absolute atomic E-state index is 0.0375. The number of carbonyl (C=O) groups is 1. The van der Waals surface area contributed by atoms with Crippen LogP contribution in [0.3, 0.4) is 0 Å². The summed E-state index contributed by atoms with van der Waals surface area (Å²) in [5, 5.41) is 27.6. The van der Waals surface area contributed by atoms with Crippen LogP contribution in [-0.4, -0.2) is 33.8 Å². The number of rotatable bonds is 7. The van der Waals surface area contributed by atoms with Gasteiger partial charge in [-0.2, -0.15) is 5.01 Å². The summed E-state index contributed by atoms with van der Waals surface area (Å²) < 4.78 is 30.5. The van der Waals surface area contributed by atoms with Gasteiger partial charge in [0.25, 0.3) is 5.69 Å². The molecule has 1 aliphatic rings. The number of non-ortho nitro benzene ring substituents is 1. The third-order valence-electron chi connectivity index (χ3n) is 5.08. The monoisotopic (exact) mass is 496 g/mol. The van der Waals surface area contributed by atoms with Crippen LogP contribution in [0.4, 0.5) is 15.8 Å². The highest BCUT2D eigenvalue weighted by Gasteiger charge is 2.34. The molecule has 0 saturated carbocycles. The summed E-state index contributed by atoms with van der Waals surface area (Å²) in [5.74, 6) is -0.943. The third-order valence-corrected chi connectivity index (χ3v) is 5.08. The molecule has 1 amide bonds. The summed E-state index contributed by atoms with van der Waals surface area (Å²) in [6.45, 7) is 1.29. The van der Waals surface area contributed by atoms with Crippen molar-refractivity contribution in [3.63, 3.8) is 0 Å². The van der Waals surface area contributed by atoms with Crippen LogP contribution in [0.2, 0.25) is 0 Å². The summed E-state index contributed by atoms with van der Waals surface area (Å²) in [6.07, 6.45) is -1.00. The second-order valence-electron chi connectivity index (χ2n) is 7.43. The fraction of sp³-hybridized carbons (Fsp3) is 0.130. The maximum absolute atomic E-state index is 13.7. The van der Waals surface area contributed by atoms with Crippen molar-refractivity contribution in [1.82, 2.24) is 5.01 Å². The van der Waals surface area contributed by atoms with Crippen molar-refractivity contribution >= 4 is 23.2 Å². The molecule has 1 aliphatic heterocycles. The number of halogens is 1. The van der Waals surface area contributed by atoms with Gasteiger partial charge in [0.15, 0.2) is 11.5 Å². The van der Waals surface area contributed by atoms with Gasteiger partial charge in [-0.1, -0.05) is 6.07 Å². The molecule has 0 aromatic heterocycles. The van der Waals surface area contributed by atoms with Crippen LogP contribution < -0.4 is 9.47 Å². The van der Waals surface area contributed by atoms with Crippen molar-refractivity contribution < 1.29 is 33.2 Å². The molecule has 13 heteroatoms. The summed E-state index contributed by atoms with van der Waals surface area (Å²) in [7, 11) is 1.34. The van der Waals surface area contributed by atoms with E-state index in [9.17, 15) is 29.4 Å². The summed E-state index contributed by atoms with van der Waals surface area (Å²) in [4.78, 5) is 33.0. The van der Waals surface area contributed by atoms with E-state index in [0.29, 0.717) is 11.1 Å². The van der Waals surface area contributed by atoms with Crippen molar-refractivity contribution in [3.8, 4) is 17.2 Å². The average Bonchev–Trinajstić information content (AvgIpc) is 3.30. The van der Waals surface area contributed by atoms with Crippen LogP contribution in [0, 0.1) is 26.0 Å². The third kappa shape index (κ3) is 4.75. The molecule has 1 atom stereocenters. The number of nitro benzene ring substituents is 2. The van der Waals surface area contributed by atoms with Crippen LogP contribution in [0.25, 0.3) is 0 Å². The quantitative estimate of drug-likeness (QED) is 0.338. The Morgan fingerprint density at radius 3 is 2.42 bits per heavy atom. The largest absolute Gasteiger partial charge is 0.493 e. The zero-order chi connectivity index (χ0) is 26.0. The van der Waals surface area contributed by atoms with E-state index in [1.165, 1.54) is 50.4 Å². The maximum Gasteiger partial charge on any atom is 0.318 e. The fourth-order valence-corrected chi connectivity index (χ4v) is 3.41. The smallest absolute Gasteiger partial charge is 0.318 e. The Bertz CT molecular complexity index is 1410. The Kier molecular flexibility index (Phi) is 6.46. The van der Waals surface area contributed by atoms with Crippen molar-refractivity contribution in [2.75, 3.05) is 7.11 Å². The molecule has 0 saturated heterocycles. The first-order valence-corrected chi connectivity index (χ1v) is 10.3. The predicted octanol–water partition coefficient (Wildman–Crippen LogP) is 4.68. The number of hydrogen-bond acceptors (Lipinski definition) is 9. The van der Waals surface area contributed by atoms with E-state index in [-0.39, 0.29) is 23.1 Å². The molecule has 0 fully saturated rings. The van der Waals surface area contributed by atoms with Crippen LogP contribution in [-0.2, 0) is 9.53 Å². The molecule has 0 bridgehead atoms. The Morgan fingerprint density at radius 2 is 1.78 bits per heavy atom. The number of nitro groups is 2. The maximum atomic E-state index is 13.7. The molecule has 184 valence electrons. The Morgan fingerprint density at radius 1 is 1.03 bits per heavy atom. The van der Waals surface area contributed by atoms with E-state index in [4.69, 9.17) is 14.2 Å². The number of nitrogens with zero attached hydrogens (tertiary/aromatic N) is 4. The highest BCUT2D eigenvalue weighted by atomic mass is 19.1. The molecule has 1 heterocycles. The highest BCUT2D eigenvalue weighted by molar-refractivity contribution is 5.96. The number of hydrogen-bond donors (Lipinski definition) is 0. The lowest BCUT2D eigenvalue weighted by Crippen LogP contribution is -2.25. The van der Waals surface area contributed by atoms with Gasteiger partial charge in [0.05, 0.1) is 23.0 Å². The number of amides is 1. The van der Waals surface area contributed by atoms with E-state index in [1.807, 2.05) is 0 Å². The van der Waals surface area contributed by atoms with Gasteiger partial charge in [-0.15, -0.1) is 5.10 Å². The summed E-state index contributed by atoms with van der Waals surface area (Å²) >= 11 is 0. The first kappa shape index (κ1) is 24.1. The highest BCUT2D eigenvalue weighted by Crippen LogP contribution is 2.40. The van der Waals surface area contributed by atoms with Crippen molar-refractivity contribution in [2.24, 2.45) is 5.10 Å². The Labute approximate surface area is 202 Å². The van der Waals surface area contributed by atoms with Crippen molar-refractivity contribution in [1.29, 1.82) is 0 Å². The van der Waals surface area contributed by atoms with Gasteiger partial charge >= 0.3 is 5.69 Å². The molecule has 3 aromatic carbocycles. The van der Waals surface area contributed by atoms with E-state index >= 15 is 0 Å². The van der Waals surface area contributed by atoms with Crippen LogP contribution >= 0.6 is 0 Å². The molecule has 0 spiro atoms. The second-order valence-corrected chi connectivity index (χ2v) is 7.43. The Hall–Kier alpha value is -5.07. The number of carbonyl (C=O) groups excluding carboxylic acids is 1. The number of hydrazone groups is 1. The van der Waals surface area contributed by atoms with Gasteiger partial charge in [0.2, 0.25) is 23.8 Å². The lowest BCUT2D eigenvalue weighted by molar-refractivity contribution is -0.394. The van der Waals surface area contributed by atoms with Crippen LogP contribution in [0.5, 0.6) is 17.2 Å². The number of methoxy groups -OCH3 is 1. The van der Waals surface area contributed by atoms with Crippen LogP contribution in [0.15, 0.2) is 65.8 Å². The summed E-state index contributed by atoms with van der Waals surface area (Å²) in [5.41, 5.74) is -0.317. The van der Waals surface area contributed by atoms with Gasteiger partial charge in [-0.25, -0.2) is 4.39 Å². The zero-order valence-corrected chi connectivity index (χ0v) is 18.8. The van der Waals surface area contributed by atoms with Gasteiger partial charge in [-0.3, -0.25) is 25.0 Å². The zero-order valence-electron chi connectivity index (χ0n) is 18.8. The molecule has 0 N–H and O–H groups in total. The SMILES string of the molecule is COc1cc([C@H]2OC(c3cccc(F)c3)=NN2C(C)=O)ccc1Oc1ccc([N+](=O)[O-])cc1[N+](=O)[O-]. The second kappa shape index (κ2) is 9.66. The van der Waals surface area contributed by atoms with E-state index in [0.717, 1.165) is 23.2 Å². The summed E-state index contributed by atoms with van der Waals surface area (Å²) in [6, 6.07) is 13.0. The van der Waals surface area contributed by atoms with Gasteiger partial charge in [0, 0.05) is 24.1 Å². The lowest BCUT2D eigenvalue weighted by Gasteiger charge is -2.20. The van der Waals surface area contributed by atoms with Crippen molar-refractivity contribution in [2.45, 2.75) is 13.2 Å². The van der Waals surface area contributed by atoms with Gasteiger partial charge in [0.1, 0.15) is 5.82 Å². The molecule has 0 aliphatic carbocycles. The molecular formula is C23H17FN4O8. The molecule has 3 aromatic rings. The molecule has 0 unspecified atom stereocenters. The molecule has 12 nitrogen and oxygen atoms in total. The molecule has 0 radical (unpaired) electrons. The molecular weight excluding hydrogens is 479 g/mol. The van der Waals surface area contributed by atoms with E-state index in [1.54, 1.807) is 6.07 Å². The fourth-order valence-electron chi connectivity index (χ4n) is 3.41. The average molecular weight is 496 g/mol. The minimum atomic E-state index is -1.00. The standard InChI is InChI=1S/C23H17FN4O8/c1-13(29)26-23(36-22(25-26)14-4-3-5-16(24)10-14)15-6-8-20(21(11-15)34-2)35-19-9-7-17(27(30)31)12-18(19)28(32)33/h3-12,23H,1-2H3/t23-/m1/s1. The van der Waals surface area contributed by atoms with E-state index < -0.39 is 39.2 Å². The molecule has 36 heavy (non-hydrogen) atoms. The first-order chi connectivity index (χ1) is 17.2. The predicted molar refractivity (Wildman–Crippen MR) is 122 cm³/mol. The number of ether oxygens (including phenoxy) is 3. The van der Waals surface area contributed by atoms with Gasteiger partial charge in [-0.05, 0) is 42.5 Å². The van der Waals surface area contributed by atoms with Crippen molar-refractivity contribution in [3.05, 3.63) is 97.8 Å². The number of benzene rings is 3. The van der Waals surface area contributed by atoms with Gasteiger partial charge < -0.3 is 14.2 Å². The Balaban J connectivity index is 1.65. The van der Waals surface area contributed by atoms with Crippen LogP contribution in [0.1, 0.15) is 24.3 Å². The minimum Gasteiger partial charge on any atom is -0.493 e. The topological polar surface area (TPSA) is 147 Å².